The van der Waals surface area contributed by atoms with Crippen LogP contribution in [0.5, 0.6) is 0 Å². The summed E-state index contributed by atoms with van der Waals surface area (Å²) in [4.78, 5) is 36.2. The second-order valence-corrected chi connectivity index (χ2v) is 9.63. The van der Waals surface area contributed by atoms with Gasteiger partial charge in [0, 0.05) is 58.1 Å². The molecule has 0 N–H and O–H groups in total. The molecular formula is C36H35N3O3+2. The van der Waals surface area contributed by atoms with E-state index in [2.05, 4.69) is 47.0 Å². The molecule has 0 bridgehead atoms. The Morgan fingerprint density at radius 3 is 2.10 bits per heavy atom. The van der Waals surface area contributed by atoms with Crippen LogP contribution in [0.2, 0.25) is 0 Å². The highest BCUT2D eigenvalue weighted by atomic mass is 16.1. The first-order valence-electron chi connectivity index (χ1n) is 14.1. The minimum absolute atomic E-state index is 0.690. The van der Waals surface area contributed by atoms with Gasteiger partial charge in [-0.25, -0.2) is 0 Å². The van der Waals surface area contributed by atoms with Gasteiger partial charge in [-0.2, -0.15) is 9.13 Å². The van der Waals surface area contributed by atoms with E-state index < -0.39 is 0 Å². The van der Waals surface area contributed by atoms with Crippen molar-refractivity contribution in [2.75, 3.05) is 0 Å². The van der Waals surface area contributed by atoms with E-state index in [4.69, 9.17) is 0 Å². The third-order valence-corrected chi connectivity index (χ3v) is 7.12. The standard InChI is InChI=1S/C14H16NO.C12H12NO.C10H7NO/c1-3-13-8-7-12-6-5-11(10-16)9-14(12)15(13)4-2;1-2-13-8-4-7-10-5-3-6-11(9-14)12(10)13;12-7-8-3-4-10-9(6-8)2-1-5-11-10/h5-10H,3-4H2,1-2H3;3-9H,2H2,1H3;1-7H/q2*+1;. The van der Waals surface area contributed by atoms with Crippen LogP contribution in [0.4, 0.5) is 0 Å². The summed E-state index contributed by atoms with van der Waals surface area (Å²) >= 11 is 0. The maximum atomic E-state index is 10.9. The molecule has 42 heavy (non-hydrogen) atoms. The Hall–Kier alpha value is -5.10. The van der Waals surface area contributed by atoms with Crippen molar-refractivity contribution < 1.29 is 23.5 Å². The molecule has 3 aromatic heterocycles. The zero-order valence-corrected chi connectivity index (χ0v) is 24.2. The molecule has 3 heterocycles. The van der Waals surface area contributed by atoms with Crippen LogP contribution in [0, 0.1) is 0 Å². The molecule has 0 spiro atoms. The van der Waals surface area contributed by atoms with Gasteiger partial charge in [-0.3, -0.25) is 19.4 Å². The molecule has 0 atom stereocenters. The van der Waals surface area contributed by atoms with Crippen LogP contribution in [-0.2, 0) is 19.5 Å². The number of para-hydroxylation sites is 1. The van der Waals surface area contributed by atoms with Crippen molar-refractivity contribution in [1.29, 1.82) is 0 Å². The minimum atomic E-state index is 0.690. The van der Waals surface area contributed by atoms with Crippen LogP contribution in [-0.4, -0.2) is 23.8 Å². The Balaban J connectivity index is 0.000000146. The molecule has 0 saturated heterocycles. The Morgan fingerprint density at radius 1 is 0.667 bits per heavy atom. The summed E-state index contributed by atoms with van der Waals surface area (Å²) in [7, 11) is 0. The number of aromatic nitrogens is 3. The highest BCUT2D eigenvalue weighted by molar-refractivity contribution is 5.93. The van der Waals surface area contributed by atoms with E-state index in [1.54, 1.807) is 12.3 Å². The normalized spacial score (nSPS) is 10.4. The first kappa shape index (κ1) is 29.9. The predicted octanol–water partition coefficient (Wildman–Crippen LogP) is 6.53. The van der Waals surface area contributed by atoms with Crippen LogP contribution in [0.15, 0.2) is 103 Å². The molecule has 0 unspecified atom stereocenters. The number of aryl methyl sites for hydroxylation is 3. The zero-order chi connectivity index (χ0) is 29.9. The summed E-state index contributed by atoms with van der Waals surface area (Å²) in [6.45, 7) is 8.16. The summed E-state index contributed by atoms with van der Waals surface area (Å²) in [5, 5.41) is 3.30. The lowest BCUT2D eigenvalue weighted by atomic mass is 10.1. The first-order chi connectivity index (χ1) is 20.6. The monoisotopic (exact) mass is 557 g/mol. The highest BCUT2D eigenvalue weighted by Gasteiger charge is 2.13. The molecule has 210 valence electrons. The average molecular weight is 558 g/mol. The maximum Gasteiger partial charge on any atom is 0.223 e. The lowest BCUT2D eigenvalue weighted by Gasteiger charge is -2.04. The smallest absolute Gasteiger partial charge is 0.223 e. The highest BCUT2D eigenvalue weighted by Crippen LogP contribution is 2.14. The van der Waals surface area contributed by atoms with Crippen molar-refractivity contribution in [1.82, 2.24) is 4.98 Å². The number of hydrogen-bond donors (Lipinski definition) is 0. The van der Waals surface area contributed by atoms with Gasteiger partial charge < -0.3 is 0 Å². The summed E-state index contributed by atoms with van der Waals surface area (Å²) < 4.78 is 4.35. The van der Waals surface area contributed by atoms with E-state index in [9.17, 15) is 14.4 Å². The topological polar surface area (TPSA) is 71.9 Å². The fourth-order valence-electron chi connectivity index (χ4n) is 5.02. The zero-order valence-electron chi connectivity index (χ0n) is 24.2. The number of fused-ring (bicyclic) bond motifs is 3. The van der Waals surface area contributed by atoms with Crippen molar-refractivity contribution >= 4 is 51.6 Å². The third-order valence-electron chi connectivity index (χ3n) is 7.12. The Morgan fingerprint density at radius 2 is 1.38 bits per heavy atom. The van der Waals surface area contributed by atoms with E-state index in [-0.39, 0.29) is 0 Å². The SMILES string of the molecule is CC[n+]1cccc2cccc(C=O)c21.CCc1ccc2ccc(C=O)cc2[n+]1CC.O=Cc1ccc2ncccc2c1. The average Bonchev–Trinajstić information content (AvgIpc) is 3.07. The number of nitrogens with zero attached hydrogens (tertiary/aromatic N) is 3. The first-order valence-corrected chi connectivity index (χ1v) is 14.1. The summed E-state index contributed by atoms with van der Waals surface area (Å²) in [6, 6.07) is 29.2. The van der Waals surface area contributed by atoms with E-state index in [0.29, 0.717) is 5.56 Å². The van der Waals surface area contributed by atoms with Crippen LogP contribution in [0.25, 0.3) is 32.7 Å². The Bertz CT molecular complexity index is 1860. The summed E-state index contributed by atoms with van der Waals surface area (Å²) in [5.74, 6) is 0. The number of carbonyl (C=O) groups is 3. The molecule has 3 aromatic carbocycles. The second-order valence-electron chi connectivity index (χ2n) is 9.63. The molecule has 6 aromatic rings. The molecule has 6 nitrogen and oxygen atoms in total. The number of hydrogen-bond acceptors (Lipinski definition) is 4. The Labute approximate surface area is 245 Å². The summed E-state index contributed by atoms with van der Waals surface area (Å²) in [6.07, 6.45) is 7.40. The lowest BCUT2D eigenvalue weighted by Crippen LogP contribution is -2.37. The predicted molar refractivity (Wildman–Crippen MR) is 167 cm³/mol. The van der Waals surface area contributed by atoms with Crippen molar-refractivity contribution in [2.24, 2.45) is 0 Å². The number of pyridine rings is 3. The molecule has 0 fully saturated rings. The van der Waals surface area contributed by atoms with E-state index in [1.165, 1.54) is 11.1 Å². The van der Waals surface area contributed by atoms with Gasteiger partial charge in [0.1, 0.15) is 25.7 Å². The van der Waals surface area contributed by atoms with Crippen LogP contribution in [0.3, 0.4) is 0 Å². The number of rotatable bonds is 6. The van der Waals surface area contributed by atoms with Gasteiger partial charge in [0.15, 0.2) is 18.2 Å². The molecule has 6 heteroatoms. The molecule has 0 aliphatic heterocycles. The van der Waals surface area contributed by atoms with Gasteiger partial charge in [-0.15, -0.1) is 0 Å². The summed E-state index contributed by atoms with van der Waals surface area (Å²) in [5.41, 5.74) is 6.57. The fourth-order valence-corrected chi connectivity index (χ4v) is 5.02. The Kier molecular flexibility index (Phi) is 10.3. The minimum Gasteiger partial charge on any atom is -0.298 e. The number of benzene rings is 3. The van der Waals surface area contributed by atoms with Gasteiger partial charge in [0.05, 0.1) is 11.1 Å². The van der Waals surface area contributed by atoms with Crippen LogP contribution < -0.4 is 9.13 Å². The lowest BCUT2D eigenvalue weighted by molar-refractivity contribution is -0.675. The quantitative estimate of drug-likeness (QED) is 0.172. The molecular weight excluding hydrogens is 522 g/mol. The fraction of sp³-hybridized carbons (Fsp3) is 0.167. The third kappa shape index (κ3) is 6.78. The van der Waals surface area contributed by atoms with Gasteiger partial charge >= 0.3 is 0 Å². The van der Waals surface area contributed by atoms with E-state index in [0.717, 1.165) is 76.8 Å². The van der Waals surface area contributed by atoms with Crippen LogP contribution >= 0.6 is 0 Å². The van der Waals surface area contributed by atoms with Crippen molar-refractivity contribution in [3.05, 3.63) is 126 Å². The van der Waals surface area contributed by atoms with Crippen molar-refractivity contribution in [2.45, 2.75) is 40.3 Å². The molecule has 0 aliphatic rings. The van der Waals surface area contributed by atoms with Gasteiger partial charge in [0.25, 0.3) is 0 Å². The number of carbonyl (C=O) groups excluding carboxylic acids is 3. The van der Waals surface area contributed by atoms with Gasteiger partial charge in [-0.05, 0) is 68.4 Å². The van der Waals surface area contributed by atoms with E-state index in [1.807, 2.05) is 79.0 Å². The molecule has 0 saturated carbocycles. The number of aldehydes is 3. The van der Waals surface area contributed by atoms with E-state index >= 15 is 0 Å². The molecule has 6 rings (SSSR count). The molecule has 0 amide bonds. The largest absolute Gasteiger partial charge is 0.298 e. The maximum absolute atomic E-state index is 10.9. The van der Waals surface area contributed by atoms with Crippen molar-refractivity contribution in [3.63, 3.8) is 0 Å². The van der Waals surface area contributed by atoms with Gasteiger partial charge in [0.2, 0.25) is 11.0 Å². The molecule has 0 radical (unpaired) electrons. The van der Waals surface area contributed by atoms with Gasteiger partial charge in [-0.1, -0.05) is 25.1 Å². The van der Waals surface area contributed by atoms with Crippen molar-refractivity contribution in [3.8, 4) is 0 Å². The molecule has 0 aliphatic carbocycles. The van der Waals surface area contributed by atoms with Crippen LogP contribution in [0.1, 0.15) is 57.5 Å². The second kappa shape index (κ2) is 14.5.